The summed E-state index contributed by atoms with van der Waals surface area (Å²) in [5.74, 6) is 0. The molecular weight excluding hydrogens is 479 g/mol. The third-order valence-corrected chi connectivity index (χ3v) is 6.44. The quantitative estimate of drug-likeness (QED) is 0.431. The fourth-order valence-electron chi connectivity index (χ4n) is 2.59. The van der Waals surface area contributed by atoms with Gasteiger partial charge in [-0.15, -0.1) is 0 Å². The van der Waals surface area contributed by atoms with E-state index in [-0.39, 0.29) is 33.0 Å². The first-order valence-corrected chi connectivity index (χ1v) is 10.2. The maximum atomic E-state index is 12.5. The van der Waals surface area contributed by atoms with Gasteiger partial charge in [-0.3, -0.25) is 15.1 Å². The molecular formula is C17H11Cl3N4O5S. The highest BCUT2D eigenvalue weighted by Crippen LogP contribution is 2.42. The van der Waals surface area contributed by atoms with Crippen LogP contribution in [0.4, 0.5) is 5.69 Å². The Bertz CT molecular complexity index is 1330. The summed E-state index contributed by atoms with van der Waals surface area (Å²) in [6.45, 7) is 1.64. The number of aromatic nitrogens is 3. The number of hydrogen-bond acceptors (Lipinski definition) is 6. The molecule has 0 aliphatic carbocycles. The Morgan fingerprint density at radius 2 is 1.67 bits per heavy atom. The second-order valence-electron chi connectivity index (χ2n) is 5.81. The zero-order valence-corrected chi connectivity index (χ0v) is 18.1. The molecule has 0 unspecified atom stereocenters. The van der Waals surface area contributed by atoms with Crippen LogP contribution in [0.1, 0.15) is 6.92 Å². The van der Waals surface area contributed by atoms with E-state index in [4.69, 9.17) is 34.8 Å². The van der Waals surface area contributed by atoms with Gasteiger partial charge >= 0.3 is 17.1 Å². The van der Waals surface area contributed by atoms with E-state index < -0.39 is 22.0 Å². The predicted molar refractivity (Wildman–Crippen MR) is 115 cm³/mol. The van der Waals surface area contributed by atoms with E-state index in [9.17, 15) is 24.5 Å². The minimum absolute atomic E-state index is 0.0580. The molecule has 1 N–H and O–H groups in total. The van der Waals surface area contributed by atoms with Gasteiger partial charge in [-0.2, -0.15) is 0 Å². The second kappa shape index (κ2) is 8.68. The van der Waals surface area contributed by atoms with Crippen LogP contribution in [0.2, 0.25) is 15.1 Å². The molecule has 0 aliphatic rings. The number of non-ortho nitro benzene ring substituents is 1. The van der Waals surface area contributed by atoms with Gasteiger partial charge in [0, 0.05) is 28.5 Å². The zero-order valence-electron chi connectivity index (χ0n) is 15.0. The standard InChI is InChI=1S/C17H11Cl3N4O5S/c1-2-22-15(25)21-16(26)23(17(22)27)9-6-11(19)14(12(20)7-9)30-13-4-3-8(24(28)29)5-10(13)18/h3-7H,2H2,1H3,(H,21,25,26). The molecule has 0 bridgehead atoms. The topological polar surface area (TPSA) is 120 Å². The van der Waals surface area contributed by atoms with Crippen molar-refractivity contribution in [1.29, 1.82) is 0 Å². The maximum Gasteiger partial charge on any atom is 0.340 e. The van der Waals surface area contributed by atoms with Gasteiger partial charge in [-0.25, -0.2) is 23.5 Å². The highest BCUT2D eigenvalue weighted by atomic mass is 35.5. The van der Waals surface area contributed by atoms with Gasteiger partial charge in [0.1, 0.15) is 0 Å². The average molecular weight is 490 g/mol. The number of nitrogens with one attached hydrogen (secondary N) is 1. The van der Waals surface area contributed by atoms with Gasteiger partial charge < -0.3 is 0 Å². The number of rotatable bonds is 5. The minimum Gasteiger partial charge on any atom is -0.258 e. The van der Waals surface area contributed by atoms with Crippen LogP contribution in [-0.2, 0) is 6.54 Å². The van der Waals surface area contributed by atoms with Crippen molar-refractivity contribution in [2.24, 2.45) is 0 Å². The summed E-state index contributed by atoms with van der Waals surface area (Å²) in [6, 6.07) is 6.63. The van der Waals surface area contributed by atoms with Crippen LogP contribution in [-0.4, -0.2) is 19.0 Å². The first-order chi connectivity index (χ1) is 14.1. The van der Waals surface area contributed by atoms with Crippen molar-refractivity contribution in [2.75, 3.05) is 0 Å². The Balaban J connectivity index is 2.08. The Labute approximate surface area is 187 Å². The lowest BCUT2D eigenvalue weighted by Crippen LogP contribution is -2.48. The molecule has 0 spiro atoms. The summed E-state index contributed by atoms with van der Waals surface area (Å²) in [5, 5.41) is 11.2. The molecule has 1 heterocycles. The van der Waals surface area contributed by atoms with Crippen molar-refractivity contribution in [3.63, 3.8) is 0 Å². The van der Waals surface area contributed by atoms with Crippen molar-refractivity contribution < 1.29 is 4.92 Å². The van der Waals surface area contributed by atoms with E-state index in [1.165, 1.54) is 30.3 Å². The molecule has 0 radical (unpaired) electrons. The summed E-state index contributed by atoms with van der Waals surface area (Å²) in [6.07, 6.45) is 0. The van der Waals surface area contributed by atoms with Crippen LogP contribution in [0.5, 0.6) is 0 Å². The van der Waals surface area contributed by atoms with Crippen LogP contribution >= 0.6 is 46.6 Å². The molecule has 9 nitrogen and oxygen atoms in total. The molecule has 1 aromatic heterocycles. The molecule has 2 aromatic carbocycles. The smallest absolute Gasteiger partial charge is 0.258 e. The lowest BCUT2D eigenvalue weighted by molar-refractivity contribution is -0.384. The summed E-state index contributed by atoms with van der Waals surface area (Å²) in [7, 11) is 0. The van der Waals surface area contributed by atoms with Gasteiger partial charge in [0.2, 0.25) is 0 Å². The molecule has 0 atom stereocenters. The van der Waals surface area contributed by atoms with Gasteiger partial charge in [-0.1, -0.05) is 46.6 Å². The van der Waals surface area contributed by atoms with E-state index in [1.54, 1.807) is 6.92 Å². The van der Waals surface area contributed by atoms with Crippen molar-refractivity contribution in [3.05, 3.63) is 87.0 Å². The average Bonchev–Trinajstić information content (AvgIpc) is 2.65. The summed E-state index contributed by atoms with van der Waals surface area (Å²) >= 11 is 19.8. The lowest BCUT2D eigenvalue weighted by Gasteiger charge is -2.12. The molecule has 13 heteroatoms. The highest BCUT2D eigenvalue weighted by molar-refractivity contribution is 7.99. The van der Waals surface area contributed by atoms with Gasteiger partial charge in [-0.05, 0) is 25.1 Å². The van der Waals surface area contributed by atoms with Gasteiger partial charge in [0.05, 0.1) is 25.7 Å². The molecule has 30 heavy (non-hydrogen) atoms. The fourth-order valence-corrected chi connectivity index (χ4v) is 4.41. The van der Waals surface area contributed by atoms with Gasteiger partial charge in [0.15, 0.2) is 0 Å². The van der Waals surface area contributed by atoms with Crippen molar-refractivity contribution in [2.45, 2.75) is 23.3 Å². The number of nitro groups is 1. The van der Waals surface area contributed by atoms with Crippen LogP contribution in [0.15, 0.2) is 54.5 Å². The van der Waals surface area contributed by atoms with E-state index in [2.05, 4.69) is 4.98 Å². The fraction of sp³-hybridized carbons (Fsp3) is 0.118. The third-order valence-electron chi connectivity index (χ3n) is 3.98. The molecule has 0 aliphatic heterocycles. The van der Waals surface area contributed by atoms with Crippen LogP contribution in [0.25, 0.3) is 5.69 Å². The highest BCUT2D eigenvalue weighted by Gasteiger charge is 2.17. The number of H-pyrrole nitrogens is 1. The molecule has 3 rings (SSSR count). The molecule has 0 saturated carbocycles. The summed E-state index contributed by atoms with van der Waals surface area (Å²) in [4.78, 5) is 49.6. The maximum absolute atomic E-state index is 12.5. The van der Waals surface area contributed by atoms with Crippen molar-refractivity contribution in [3.8, 4) is 5.69 Å². The lowest BCUT2D eigenvalue weighted by atomic mass is 10.3. The number of hydrogen-bond donors (Lipinski definition) is 1. The van der Waals surface area contributed by atoms with Crippen molar-refractivity contribution in [1.82, 2.24) is 14.1 Å². The Morgan fingerprint density at radius 3 is 2.20 bits per heavy atom. The third kappa shape index (κ3) is 4.17. The Hall–Kier alpha value is -2.53. The summed E-state index contributed by atoms with van der Waals surface area (Å²) < 4.78 is 1.60. The van der Waals surface area contributed by atoms with E-state index in [1.807, 2.05) is 0 Å². The number of nitro benzene ring substituents is 1. The number of nitrogens with zero attached hydrogens (tertiary/aromatic N) is 3. The number of aromatic amines is 1. The zero-order chi connectivity index (χ0) is 22.2. The monoisotopic (exact) mass is 488 g/mol. The van der Waals surface area contributed by atoms with E-state index in [0.29, 0.717) is 9.79 Å². The van der Waals surface area contributed by atoms with Crippen LogP contribution in [0, 0.1) is 10.1 Å². The molecule has 3 aromatic rings. The van der Waals surface area contributed by atoms with Gasteiger partial charge in [0.25, 0.3) is 5.69 Å². The minimum atomic E-state index is -0.930. The van der Waals surface area contributed by atoms with E-state index in [0.717, 1.165) is 20.9 Å². The van der Waals surface area contributed by atoms with Crippen LogP contribution in [0.3, 0.4) is 0 Å². The van der Waals surface area contributed by atoms with E-state index >= 15 is 0 Å². The number of benzene rings is 2. The Kier molecular flexibility index (Phi) is 6.41. The second-order valence-corrected chi connectivity index (χ2v) is 8.08. The normalized spacial score (nSPS) is 10.9. The number of halogens is 3. The van der Waals surface area contributed by atoms with Crippen LogP contribution < -0.4 is 17.1 Å². The predicted octanol–water partition coefficient (Wildman–Crippen LogP) is 3.73. The molecule has 0 saturated heterocycles. The Morgan fingerprint density at radius 1 is 1.03 bits per heavy atom. The molecule has 156 valence electrons. The first kappa shape index (κ1) is 22.2. The molecule has 0 amide bonds. The SMILES string of the molecule is CCn1c(=O)[nH]c(=O)n(-c2cc(Cl)c(Sc3ccc([N+](=O)[O-])cc3Cl)c(Cl)c2)c1=O. The first-order valence-electron chi connectivity index (χ1n) is 8.21. The summed E-state index contributed by atoms with van der Waals surface area (Å²) in [5.41, 5.74) is -2.68. The van der Waals surface area contributed by atoms with Crippen molar-refractivity contribution >= 4 is 52.3 Å². The largest absolute Gasteiger partial charge is 0.340 e. The molecule has 0 fully saturated rings.